The normalized spacial score (nSPS) is 25.3. The SMILES string of the molecule is CCC(C)C(C(=O)NC1CC1N)c1ccccc1. The summed E-state index contributed by atoms with van der Waals surface area (Å²) < 4.78 is 0. The van der Waals surface area contributed by atoms with Gasteiger partial charge in [0.05, 0.1) is 5.92 Å². The molecule has 1 saturated carbocycles. The van der Waals surface area contributed by atoms with E-state index in [2.05, 4.69) is 19.2 Å². The number of amides is 1. The molecule has 1 aliphatic carbocycles. The lowest BCUT2D eigenvalue weighted by Crippen LogP contribution is -2.36. The van der Waals surface area contributed by atoms with Gasteiger partial charge >= 0.3 is 0 Å². The van der Waals surface area contributed by atoms with Crippen molar-refractivity contribution in [2.75, 3.05) is 0 Å². The van der Waals surface area contributed by atoms with Crippen LogP contribution in [0.1, 0.15) is 38.2 Å². The second-order valence-electron chi connectivity index (χ2n) is 5.29. The van der Waals surface area contributed by atoms with Crippen molar-refractivity contribution < 1.29 is 4.79 Å². The van der Waals surface area contributed by atoms with Crippen molar-refractivity contribution in [2.45, 2.75) is 44.7 Å². The lowest BCUT2D eigenvalue weighted by atomic mass is 9.85. The molecular formula is C15H22N2O. The van der Waals surface area contributed by atoms with Gasteiger partial charge in [0, 0.05) is 12.1 Å². The third-order valence-corrected chi connectivity index (χ3v) is 3.82. The zero-order valence-corrected chi connectivity index (χ0v) is 11.1. The maximum Gasteiger partial charge on any atom is 0.228 e. The van der Waals surface area contributed by atoms with Crippen LogP contribution in [0.5, 0.6) is 0 Å². The number of carbonyl (C=O) groups is 1. The van der Waals surface area contributed by atoms with Crippen molar-refractivity contribution in [3.63, 3.8) is 0 Å². The van der Waals surface area contributed by atoms with Gasteiger partial charge in [0.2, 0.25) is 5.91 Å². The summed E-state index contributed by atoms with van der Waals surface area (Å²) in [5.74, 6) is 0.389. The summed E-state index contributed by atoms with van der Waals surface area (Å²) in [7, 11) is 0. The fraction of sp³-hybridized carbons (Fsp3) is 0.533. The standard InChI is InChI=1S/C15H22N2O/c1-3-10(2)14(11-7-5-4-6-8-11)15(18)17-13-9-12(13)16/h4-8,10,12-14H,3,9,16H2,1-2H3,(H,17,18). The van der Waals surface area contributed by atoms with Gasteiger partial charge in [-0.05, 0) is 17.9 Å². The molecule has 0 heterocycles. The molecule has 1 amide bonds. The molecule has 2 rings (SSSR count). The highest BCUT2D eigenvalue weighted by Crippen LogP contribution is 2.28. The average molecular weight is 246 g/mol. The van der Waals surface area contributed by atoms with E-state index in [1.165, 1.54) is 0 Å². The van der Waals surface area contributed by atoms with E-state index < -0.39 is 0 Å². The second-order valence-corrected chi connectivity index (χ2v) is 5.29. The van der Waals surface area contributed by atoms with Gasteiger partial charge in [-0.3, -0.25) is 4.79 Å². The van der Waals surface area contributed by atoms with E-state index in [0.717, 1.165) is 18.4 Å². The summed E-state index contributed by atoms with van der Waals surface area (Å²) in [6, 6.07) is 10.4. The van der Waals surface area contributed by atoms with Gasteiger partial charge in [0.25, 0.3) is 0 Å². The molecule has 4 atom stereocenters. The van der Waals surface area contributed by atoms with Crippen LogP contribution < -0.4 is 11.1 Å². The molecule has 4 unspecified atom stereocenters. The molecular weight excluding hydrogens is 224 g/mol. The number of benzene rings is 1. The maximum atomic E-state index is 12.4. The fourth-order valence-electron chi connectivity index (χ4n) is 2.29. The van der Waals surface area contributed by atoms with Crippen molar-refractivity contribution in [1.29, 1.82) is 0 Å². The molecule has 1 aromatic carbocycles. The van der Waals surface area contributed by atoms with Gasteiger partial charge < -0.3 is 11.1 Å². The van der Waals surface area contributed by atoms with Crippen LogP contribution in [-0.4, -0.2) is 18.0 Å². The molecule has 0 radical (unpaired) electrons. The summed E-state index contributed by atoms with van der Waals surface area (Å²) in [6.07, 6.45) is 1.90. The molecule has 3 nitrogen and oxygen atoms in total. The Kier molecular flexibility index (Phi) is 4.02. The number of hydrogen-bond donors (Lipinski definition) is 2. The Labute approximate surface area is 109 Å². The van der Waals surface area contributed by atoms with Crippen LogP contribution in [0.15, 0.2) is 30.3 Å². The minimum Gasteiger partial charge on any atom is -0.351 e. The van der Waals surface area contributed by atoms with Crippen LogP contribution in [0.25, 0.3) is 0 Å². The topological polar surface area (TPSA) is 55.1 Å². The minimum absolute atomic E-state index is 0.0657. The predicted molar refractivity (Wildman–Crippen MR) is 73.2 cm³/mol. The van der Waals surface area contributed by atoms with Crippen LogP contribution in [0.3, 0.4) is 0 Å². The first-order valence-corrected chi connectivity index (χ1v) is 6.74. The first-order chi connectivity index (χ1) is 8.63. The number of rotatable bonds is 5. The van der Waals surface area contributed by atoms with E-state index >= 15 is 0 Å². The highest BCUT2D eigenvalue weighted by Gasteiger charge is 2.37. The Morgan fingerprint density at radius 3 is 2.56 bits per heavy atom. The molecule has 0 saturated heterocycles. The minimum atomic E-state index is -0.0657. The number of hydrogen-bond acceptors (Lipinski definition) is 2. The summed E-state index contributed by atoms with van der Waals surface area (Å²) >= 11 is 0. The zero-order valence-electron chi connectivity index (χ0n) is 11.1. The molecule has 0 spiro atoms. The monoisotopic (exact) mass is 246 g/mol. The summed E-state index contributed by atoms with van der Waals surface area (Å²) in [4.78, 5) is 12.4. The van der Waals surface area contributed by atoms with E-state index in [1.807, 2.05) is 30.3 Å². The number of nitrogens with one attached hydrogen (secondary N) is 1. The third-order valence-electron chi connectivity index (χ3n) is 3.82. The largest absolute Gasteiger partial charge is 0.351 e. The highest BCUT2D eigenvalue weighted by molar-refractivity contribution is 5.84. The molecule has 0 aromatic heterocycles. The van der Waals surface area contributed by atoms with E-state index in [9.17, 15) is 4.79 Å². The molecule has 1 fully saturated rings. The average Bonchev–Trinajstić information content (AvgIpc) is 3.06. The molecule has 3 N–H and O–H groups in total. The number of carbonyl (C=O) groups excluding carboxylic acids is 1. The van der Waals surface area contributed by atoms with Crippen LogP contribution in [0, 0.1) is 5.92 Å². The molecule has 18 heavy (non-hydrogen) atoms. The highest BCUT2D eigenvalue weighted by atomic mass is 16.2. The molecule has 98 valence electrons. The van der Waals surface area contributed by atoms with Crippen molar-refractivity contribution in [1.82, 2.24) is 5.32 Å². The molecule has 1 aromatic rings. The molecule has 0 bridgehead atoms. The van der Waals surface area contributed by atoms with Crippen LogP contribution >= 0.6 is 0 Å². The lowest BCUT2D eigenvalue weighted by molar-refractivity contribution is -0.123. The van der Waals surface area contributed by atoms with E-state index in [0.29, 0.717) is 5.92 Å². The second kappa shape index (κ2) is 5.53. The molecule has 3 heteroatoms. The van der Waals surface area contributed by atoms with Crippen LogP contribution in [-0.2, 0) is 4.79 Å². The Hall–Kier alpha value is -1.35. The van der Waals surface area contributed by atoms with Crippen molar-refractivity contribution in [3.05, 3.63) is 35.9 Å². The van der Waals surface area contributed by atoms with Gasteiger partial charge in [0.15, 0.2) is 0 Å². The smallest absolute Gasteiger partial charge is 0.228 e. The van der Waals surface area contributed by atoms with Gasteiger partial charge in [-0.25, -0.2) is 0 Å². The Bertz CT molecular complexity index is 404. The van der Waals surface area contributed by atoms with E-state index in [-0.39, 0.29) is 23.9 Å². The lowest BCUT2D eigenvalue weighted by Gasteiger charge is -2.22. The maximum absolute atomic E-state index is 12.4. The number of nitrogens with two attached hydrogens (primary N) is 1. The van der Waals surface area contributed by atoms with Gasteiger partial charge in [-0.15, -0.1) is 0 Å². The molecule has 0 aliphatic heterocycles. The van der Waals surface area contributed by atoms with Crippen molar-refractivity contribution in [3.8, 4) is 0 Å². The van der Waals surface area contributed by atoms with E-state index in [4.69, 9.17) is 5.73 Å². The van der Waals surface area contributed by atoms with Crippen LogP contribution in [0.2, 0.25) is 0 Å². The first-order valence-electron chi connectivity index (χ1n) is 6.74. The van der Waals surface area contributed by atoms with Gasteiger partial charge in [-0.2, -0.15) is 0 Å². The Morgan fingerprint density at radius 1 is 1.44 bits per heavy atom. The van der Waals surface area contributed by atoms with Crippen molar-refractivity contribution >= 4 is 5.91 Å². The Morgan fingerprint density at radius 2 is 2.06 bits per heavy atom. The summed E-state index contributed by atoms with van der Waals surface area (Å²) in [5, 5.41) is 3.05. The summed E-state index contributed by atoms with van der Waals surface area (Å²) in [6.45, 7) is 4.25. The van der Waals surface area contributed by atoms with Gasteiger partial charge in [0.1, 0.15) is 0 Å². The zero-order chi connectivity index (χ0) is 13.1. The predicted octanol–water partition coefficient (Wildman–Crippen LogP) is 2.03. The summed E-state index contributed by atoms with van der Waals surface area (Å²) in [5.41, 5.74) is 6.84. The Balaban J connectivity index is 2.12. The first kappa shape index (κ1) is 13.1. The van der Waals surface area contributed by atoms with Crippen molar-refractivity contribution in [2.24, 2.45) is 11.7 Å². The fourth-order valence-corrected chi connectivity index (χ4v) is 2.29. The quantitative estimate of drug-likeness (QED) is 0.835. The van der Waals surface area contributed by atoms with E-state index in [1.54, 1.807) is 0 Å². The molecule has 1 aliphatic rings. The van der Waals surface area contributed by atoms with Crippen LogP contribution in [0.4, 0.5) is 0 Å². The third kappa shape index (κ3) is 2.91. The van der Waals surface area contributed by atoms with Gasteiger partial charge in [-0.1, -0.05) is 50.6 Å².